The molecule has 2 rings (SSSR count). The van der Waals surface area contributed by atoms with Crippen molar-refractivity contribution in [2.45, 2.75) is 6.92 Å². The van der Waals surface area contributed by atoms with Crippen molar-refractivity contribution in [1.29, 1.82) is 0 Å². The number of carbonyl (C=O) groups excluding carboxylic acids is 2. The van der Waals surface area contributed by atoms with Gasteiger partial charge in [0.15, 0.2) is 5.11 Å². The van der Waals surface area contributed by atoms with Gasteiger partial charge in [0.05, 0.1) is 6.26 Å². The number of nitrogens with one attached hydrogen (secondary N) is 3. The van der Waals surface area contributed by atoms with Crippen LogP contribution < -0.4 is 16.0 Å². The van der Waals surface area contributed by atoms with Crippen LogP contribution in [0.25, 0.3) is 6.08 Å². The van der Waals surface area contributed by atoms with Crippen LogP contribution in [0.3, 0.4) is 0 Å². The first-order valence-corrected chi connectivity index (χ1v) is 7.15. The predicted octanol–water partition coefficient (Wildman–Crippen LogP) is 2.76. The van der Waals surface area contributed by atoms with Crippen LogP contribution in [0, 0.1) is 0 Å². The zero-order chi connectivity index (χ0) is 16.7. The van der Waals surface area contributed by atoms with Crippen molar-refractivity contribution >= 4 is 46.6 Å². The van der Waals surface area contributed by atoms with Crippen LogP contribution in [-0.4, -0.2) is 16.9 Å². The number of rotatable bonds is 4. The summed E-state index contributed by atoms with van der Waals surface area (Å²) in [6.45, 7) is 1.38. The van der Waals surface area contributed by atoms with Crippen molar-refractivity contribution in [3.8, 4) is 0 Å². The molecule has 0 atom stereocenters. The highest BCUT2D eigenvalue weighted by molar-refractivity contribution is 7.80. The van der Waals surface area contributed by atoms with Crippen LogP contribution in [0.2, 0.25) is 0 Å². The molecule has 1 aromatic carbocycles. The maximum absolute atomic E-state index is 11.8. The number of hydrogen-bond donors (Lipinski definition) is 3. The van der Waals surface area contributed by atoms with Gasteiger partial charge in [-0.2, -0.15) is 0 Å². The zero-order valence-corrected chi connectivity index (χ0v) is 13.1. The SMILES string of the molecule is CC(=O)NC(=S)Nc1ccc(NC(=O)C=Cc2ccco2)cc1. The van der Waals surface area contributed by atoms with E-state index < -0.39 is 0 Å². The van der Waals surface area contributed by atoms with Crippen molar-refractivity contribution in [2.75, 3.05) is 10.6 Å². The van der Waals surface area contributed by atoms with Gasteiger partial charge in [0.25, 0.3) is 0 Å². The summed E-state index contributed by atoms with van der Waals surface area (Å²) in [6.07, 6.45) is 4.50. The summed E-state index contributed by atoms with van der Waals surface area (Å²) in [5, 5.41) is 8.26. The molecule has 0 saturated heterocycles. The maximum Gasteiger partial charge on any atom is 0.248 e. The second kappa shape index (κ2) is 7.90. The normalized spacial score (nSPS) is 10.3. The summed E-state index contributed by atoms with van der Waals surface area (Å²) in [6, 6.07) is 10.4. The third kappa shape index (κ3) is 5.76. The third-order valence-electron chi connectivity index (χ3n) is 2.64. The van der Waals surface area contributed by atoms with E-state index in [-0.39, 0.29) is 16.9 Å². The number of thiocarbonyl (C=S) groups is 1. The molecule has 2 amide bonds. The van der Waals surface area contributed by atoms with Gasteiger partial charge in [-0.3, -0.25) is 9.59 Å². The molecule has 0 aliphatic heterocycles. The second-order valence-electron chi connectivity index (χ2n) is 4.55. The predicted molar refractivity (Wildman–Crippen MR) is 92.9 cm³/mol. The van der Waals surface area contributed by atoms with Crippen molar-refractivity contribution in [3.63, 3.8) is 0 Å². The fraction of sp³-hybridized carbons (Fsp3) is 0.0625. The van der Waals surface area contributed by atoms with E-state index in [1.165, 1.54) is 19.3 Å². The standard InChI is InChI=1S/C16H15N3O3S/c1-11(20)17-16(23)19-13-6-4-12(5-7-13)18-15(21)9-8-14-3-2-10-22-14/h2-10H,1H3,(H,18,21)(H2,17,19,20,23). The lowest BCUT2D eigenvalue weighted by molar-refractivity contribution is -0.117. The summed E-state index contributed by atoms with van der Waals surface area (Å²) < 4.78 is 5.10. The van der Waals surface area contributed by atoms with E-state index in [1.54, 1.807) is 42.5 Å². The van der Waals surface area contributed by atoms with E-state index in [9.17, 15) is 9.59 Å². The van der Waals surface area contributed by atoms with Gasteiger partial charge < -0.3 is 20.4 Å². The Morgan fingerprint density at radius 1 is 1.09 bits per heavy atom. The van der Waals surface area contributed by atoms with Gasteiger partial charge in [-0.25, -0.2) is 0 Å². The first-order chi connectivity index (χ1) is 11.0. The van der Waals surface area contributed by atoms with Crippen molar-refractivity contribution in [3.05, 3.63) is 54.5 Å². The third-order valence-corrected chi connectivity index (χ3v) is 2.85. The highest BCUT2D eigenvalue weighted by Crippen LogP contribution is 2.13. The number of benzene rings is 1. The zero-order valence-electron chi connectivity index (χ0n) is 12.3. The summed E-state index contributed by atoms with van der Waals surface area (Å²) in [4.78, 5) is 22.6. The van der Waals surface area contributed by atoms with E-state index >= 15 is 0 Å². The lowest BCUT2D eigenvalue weighted by atomic mass is 10.2. The van der Waals surface area contributed by atoms with Crippen LogP contribution >= 0.6 is 12.2 Å². The molecular weight excluding hydrogens is 314 g/mol. The lowest BCUT2D eigenvalue weighted by Crippen LogP contribution is -2.32. The molecule has 6 nitrogen and oxygen atoms in total. The average molecular weight is 329 g/mol. The molecule has 0 aliphatic carbocycles. The molecule has 0 bridgehead atoms. The Hall–Kier alpha value is -2.93. The number of anilines is 2. The van der Waals surface area contributed by atoms with Crippen molar-refractivity contribution in [1.82, 2.24) is 5.32 Å². The molecule has 7 heteroatoms. The van der Waals surface area contributed by atoms with Gasteiger partial charge in [-0.05, 0) is 54.7 Å². The van der Waals surface area contributed by atoms with E-state index in [0.29, 0.717) is 17.1 Å². The molecular formula is C16H15N3O3S. The van der Waals surface area contributed by atoms with Crippen LogP contribution in [0.15, 0.2) is 53.2 Å². The van der Waals surface area contributed by atoms with Crippen LogP contribution in [0.5, 0.6) is 0 Å². The lowest BCUT2D eigenvalue weighted by Gasteiger charge is -2.09. The molecule has 0 radical (unpaired) electrons. The molecule has 1 heterocycles. The topological polar surface area (TPSA) is 83.4 Å². The molecule has 23 heavy (non-hydrogen) atoms. The summed E-state index contributed by atoms with van der Waals surface area (Å²) in [5.41, 5.74) is 1.34. The quantitative estimate of drug-likeness (QED) is 0.593. The number of hydrogen-bond acceptors (Lipinski definition) is 4. The van der Waals surface area contributed by atoms with Gasteiger partial charge in [0.1, 0.15) is 5.76 Å². The highest BCUT2D eigenvalue weighted by atomic mass is 32.1. The summed E-state index contributed by atoms with van der Waals surface area (Å²) in [7, 11) is 0. The van der Waals surface area contributed by atoms with Gasteiger partial charge in [0.2, 0.25) is 11.8 Å². The first-order valence-electron chi connectivity index (χ1n) is 6.74. The van der Waals surface area contributed by atoms with Crippen LogP contribution in [-0.2, 0) is 9.59 Å². The van der Waals surface area contributed by atoms with Crippen LogP contribution in [0.4, 0.5) is 11.4 Å². The minimum absolute atomic E-state index is 0.218. The Kier molecular flexibility index (Phi) is 5.65. The Morgan fingerprint density at radius 3 is 2.30 bits per heavy atom. The number of furan rings is 1. The van der Waals surface area contributed by atoms with Gasteiger partial charge in [0, 0.05) is 24.4 Å². The average Bonchev–Trinajstić information content (AvgIpc) is 3.00. The van der Waals surface area contributed by atoms with E-state index in [0.717, 1.165) is 0 Å². The smallest absolute Gasteiger partial charge is 0.248 e. The number of carbonyl (C=O) groups is 2. The molecule has 0 saturated carbocycles. The number of amides is 2. The minimum atomic E-state index is -0.268. The molecule has 2 aromatic rings. The van der Waals surface area contributed by atoms with Gasteiger partial charge in [-0.1, -0.05) is 0 Å². The van der Waals surface area contributed by atoms with E-state index in [1.807, 2.05) is 0 Å². The molecule has 3 N–H and O–H groups in total. The van der Waals surface area contributed by atoms with E-state index in [4.69, 9.17) is 16.6 Å². The second-order valence-corrected chi connectivity index (χ2v) is 4.96. The molecule has 0 aliphatic rings. The molecule has 0 unspecified atom stereocenters. The molecule has 0 spiro atoms. The van der Waals surface area contributed by atoms with Crippen molar-refractivity contribution < 1.29 is 14.0 Å². The Bertz CT molecular complexity index is 722. The first kappa shape index (κ1) is 16.4. The largest absolute Gasteiger partial charge is 0.465 e. The van der Waals surface area contributed by atoms with E-state index in [2.05, 4.69) is 16.0 Å². The van der Waals surface area contributed by atoms with Gasteiger partial charge in [-0.15, -0.1) is 0 Å². The van der Waals surface area contributed by atoms with Crippen LogP contribution in [0.1, 0.15) is 12.7 Å². The molecule has 0 fully saturated rings. The van der Waals surface area contributed by atoms with Crippen molar-refractivity contribution in [2.24, 2.45) is 0 Å². The summed E-state index contributed by atoms with van der Waals surface area (Å²) in [5.74, 6) is 0.0942. The summed E-state index contributed by atoms with van der Waals surface area (Å²) >= 11 is 4.96. The Morgan fingerprint density at radius 2 is 1.74 bits per heavy atom. The van der Waals surface area contributed by atoms with Gasteiger partial charge >= 0.3 is 0 Å². The monoisotopic (exact) mass is 329 g/mol. The highest BCUT2D eigenvalue weighted by Gasteiger charge is 2.01. The maximum atomic E-state index is 11.8. The Labute approximate surface area is 138 Å². The Balaban J connectivity index is 1.88. The fourth-order valence-electron chi connectivity index (χ4n) is 1.69. The molecule has 1 aromatic heterocycles. The fourth-order valence-corrected chi connectivity index (χ4v) is 1.95. The minimum Gasteiger partial charge on any atom is -0.465 e. The molecule has 118 valence electrons.